The normalized spacial score (nSPS) is 11.0. The molecule has 0 atom stereocenters. The van der Waals surface area contributed by atoms with Crippen LogP contribution in [0.3, 0.4) is 0 Å². The first-order chi connectivity index (χ1) is 14.6. The highest BCUT2D eigenvalue weighted by Gasteiger charge is 2.20. The second-order valence-electron chi connectivity index (χ2n) is 6.81. The highest BCUT2D eigenvalue weighted by atomic mass is 16.5. The van der Waals surface area contributed by atoms with Crippen molar-refractivity contribution in [3.63, 3.8) is 0 Å². The number of rotatable bonds is 6. The number of fused-ring (bicyclic) bond motifs is 1. The maximum atomic E-state index is 12.9. The van der Waals surface area contributed by atoms with Crippen LogP contribution in [0.2, 0.25) is 0 Å². The van der Waals surface area contributed by atoms with Crippen molar-refractivity contribution >= 4 is 22.6 Å². The van der Waals surface area contributed by atoms with Gasteiger partial charge in [0, 0.05) is 41.1 Å². The summed E-state index contributed by atoms with van der Waals surface area (Å²) in [5, 5.41) is 3.71. The fraction of sp³-hybridized carbons (Fsp3) is 0.174. The highest BCUT2D eigenvalue weighted by Crippen LogP contribution is 2.28. The lowest BCUT2D eigenvalue weighted by Gasteiger charge is -2.08. The van der Waals surface area contributed by atoms with Gasteiger partial charge in [0.25, 0.3) is 11.5 Å². The molecule has 0 aliphatic carbocycles. The number of furan rings is 1. The van der Waals surface area contributed by atoms with Crippen molar-refractivity contribution in [2.45, 2.75) is 20.0 Å². The van der Waals surface area contributed by atoms with Crippen molar-refractivity contribution in [2.75, 3.05) is 12.4 Å². The van der Waals surface area contributed by atoms with Gasteiger partial charge in [0.2, 0.25) is 0 Å². The van der Waals surface area contributed by atoms with Crippen molar-refractivity contribution in [2.24, 2.45) is 0 Å². The maximum absolute atomic E-state index is 12.9. The number of nitrogens with one attached hydrogen (secondary N) is 2. The number of carbonyl (C=O) groups excluding carboxylic acids is 1. The van der Waals surface area contributed by atoms with Crippen LogP contribution in [0.15, 0.2) is 63.8 Å². The van der Waals surface area contributed by atoms with Crippen molar-refractivity contribution in [3.8, 4) is 11.4 Å². The second kappa shape index (κ2) is 8.34. The molecule has 30 heavy (non-hydrogen) atoms. The first-order valence-electron chi connectivity index (χ1n) is 9.60. The molecule has 152 valence electrons. The number of hydrogen-bond acceptors (Lipinski definition) is 5. The molecule has 0 radical (unpaired) electrons. The molecule has 4 rings (SSSR count). The van der Waals surface area contributed by atoms with E-state index in [1.165, 1.54) is 6.07 Å². The number of hydrogen-bond donors (Lipinski definition) is 2. The van der Waals surface area contributed by atoms with E-state index in [9.17, 15) is 9.59 Å². The lowest BCUT2D eigenvalue weighted by molar-refractivity contribution is 0.0992. The molecule has 0 aliphatic rings. The van der Waals surface area contributed by atoms with E-state index in [1.54, 1.807) is 25.3 Å². The van der Waals surface area contributed by atoms with Gasteiger partial charge in [-0.25, -0.2) is 4.98 Å². The first kappa shape index (κ1) is 19.6. The molecule has 7 nitrogen and oxygen atoms in total. The van der Waals surface area contributed by atoms with Crippen LogP contribution in [-0.2, 0) is 17.8 Å². The first-order valence-corrected chi connectivity index (χ1v) is 9.60. The number of aryl methyl sites for hydroxylation is 1. The third-order valence-electron chi connectivity index (χ3n) is 4.74. The largest absolute Gasteiger partial charge is 0.451 e. The van der Waals surface area contributed by atoms with E-state index in [-0.39, 0.29) is 23.8 Å². The number of ether oxygens (including phenoxy) is 1. The topological polar surface area (TPSA) is 97.2 Å². The number of amides is 1. The molecule has 0 fully saturated rings. The van der Waals surface area contributed by atoms with Crippen molar-refractivity contribution < 1.29 is 13.9 Å². The summed E-state index contributed by atoms with van der Waals surface area (Å²) in [6, 6.07) is 16.1. The van der Waals surface area contributed by atoms with Gasteiger partial charge in [0.1, 0.15) is 11.4 Å². The SMILES string of the molecule is CCc1cc(=O)[nH]c(-c2cccc(NC(=O)c3oc4ccccc4c3COC)c2)n1. The molecule has 0 saturated carbocycles. The zero-order chi connectivity index (χ0) is 21.1. The van der Waals surface area contributed by atoms with Gasteiger partial charge in [-0.2, -0.15) is 0 Å². The number of methoxy groups -OCH3 is 1. The minimum Gasteiger partial charge on any atom is -0.451 e. The molecular formula is C23H21N3O4. The molecular weight excluding hydrogens is 382 g/mol. The Morgan fingerprint density at radius 3 is 2.80 bits per heavy atom. The quantitative estimate of drug-likeness (QED) is 0.504. The lowest BCUT2D eigenvalue weighted by atomic mass is 10.1. The molecule has 4 aromatic rings. The molecule has 0 aliphatic heterocycles. The van der Waals surface area contributed by atoms with E-state index in [4.69, 9.17) is 9.15 Å². The van der Waals surface area contributed by atoms with Gasteiger partial charge in [0.15, 0.2) is 5.76 Å². The number of anilines is 1. The van der Waals surface area contributed by atoms with Gasteiger partial charge in [-0.05, 0) is 24.6 Å². The monoisotopic (exact) mass is 403 g/mol. The predicted molar refractivity (Wildman–Crippen MR) is 115 cm³/mol. The minimum absolute atomic E-state index is 0.210. The summed E-state index contributed by atoms with van der Waals surface area (Å²) in [4.78, 5) is 32.0. The van der Waals surface area contributed by atoms with E-state index in [1.807, 2.05) is 37.3 Å². The van der Waals surface area contributed by atoms with Crippen LogP contribution in [0.25, 0.3) is 22.4 Å². The number of para-hydroxylation sites is 1. The van der Waals surface area contributed by atoms with E-state index in [0.717, 1.165) is 5.39 Å². The standard InChI is InChI=1S/C23H21N3O4/c1-3-15-12-20(27)26-22(24-15)14-7-6-8-16(11-14)25-23(28)21-18(13-29-2)17-9-4-5-10-19(17)30-21/h4-12H,3,13H2,1-2H3,(H,25,28)(H,24,26,27). The van der Waals surface area contributed by atoms with Crippen LogP contribution in [0, 0.1) is 0 Å². The van der Waals surface area contributed by atoms with E-state index >= 15 is 0 Å². The minimum atomic E-state index is -0.376. The lowest BCUT2D eigenvalue weighted by Crippen LogP contribution is -2.13. The Bertz CT molecular complexity index is 1270. The fourth-order valence-electron chi connectivity index (χ4n) is 3.33. The molecule has 2 aromatic heterocycles. The molecule has 7 heteroatoms. The summed E-state index contributed by atoms with van der Waals surface area (Å²) >= 11 is 0. The van der Waals surface area contributed by atoms with Crippen LogP contribution in [0.1, 0.15) is 28.7 Å². The summed E-state index contributed by atoms with van der Waals surface area (Å²) in [7, 11) is 1.57. The van der Waals surface area contributed by atoms with Gasteiger partial charge in [-0.1, -0.05) is 37.3 Å². The van der Waals surface area contributed by atoms with E-state index in [0.29, 0.717) is 40.3 Å². The summed E-state index contributed by atoms with van der Waals surface area (Å²) < 4.78 is 11.1. The molecule has 1 amide bonds. The Balaban J connectivity index is 1.66. The molecule has 2 N–H and O–H groups in total. The van der Waals surface area contributed by atoms with Crippen molar-refractivity contribution in [3.05, 3.63) is 82.0 Å². The average Bonchev–Trinajstić information content (AvgIpc) is 3.12. The Labute approximate surface area is 172 Å². The number of aromatic amines is 1. The van der Waals surface area contributed by atoms with E-state index < -0.39 is 0 Å². The van der Waals surface area contributed by atoms with Gasteiger partial charge in [0.05, 0.1) is 6.61 Å². The summed E-state index contributed by atoms with van der Waals surface area (Å²) in [6.45, 7) is 2.20. The number of H-pyrrole nitrogens is 1. The van der Waals surface area contributed by atoms with Gasteiger partial charge >= 0.3 is 0 Å². The highest BCUT2D eigenvalue weighted by molar-refractivity contribution is 6.06. The van der Waals surface area contributed by atoms with Crippen LogP contribution in [0.4, 0.5) is 5.69 Å². The second-order valence-corrected chi connectivity index (χ2v) is 6.81. The Morgan fingerprint density at radius 1 is 1.17 bits per heavy atom. The van der Waals surface area contributed by atoms with Crippen LogP contribution < -0.4 is 10.9 Å². The Morgan fingerprint density at radius 2 is 2.00 bits per heavy atom. The Kier molecular flexibility index (Phi) is 5.45. The molecule has 0 unspecified atom stereocenters. The fourth-order valence-corrected chi connectivity index (χ4v) is 3.33. The predicted octanol–water partition coefficient (Wildman–Crippen LogP) is 4.14. The summed E-state index contributed by atoms with van der Waals surface area (Å²) in [5.74, 6) is 0.293. The molecule has 0 saturated heterocycles. The average molecular weight is 403 g/mol. The zero-order valence-electron chi connectivity index (χ0n) is 16.7. The smallest absolute Gasteiger partial charge is 0.291 e. The van der Waals surface area contributed by atoms with Crippen molar-refractivity contribution in [1.29, 1.82) is 0 Å². The van der Waals surface area contributed by atoms with Crippen molar-refractivity contribution in [1.82, 2.24) is 9.97 Å². The summed E-state index contributed by atoms with van der Waals surface area (Å²) in [5.41, 5.74) is 3.07. The molecule has 0 spiro atoms. The zero-order valence-corrected chi connectivity index (χ0v) is 16.7. The number of carbonyl (C=O) groups is 1. The number of aromatic nitrogens is 2. The molecule has 0 bridgehead atoms. The number of nitrogens with zero attached hydrogens (tertiary/aromatic N) is 1. The third-order valence-corrected chi connectivity index (χ3v) is 4.74. The van der Waals surface area contributed by atoms with Crippen LogP contribution >= 0.6 is 0 Å². The Hall–Kier alpha value is -3.71. The van der Waals surface area contributed by atoms with Gasteiger partial charge in [-0.3, -0.25) is 9.59 Å². The van der Waals surface area contributed by atoms with E-state index in [2.05, 4.69) is 15.3 Å². The van der Waals surface area contributed by atoms with Crippen LogP contribution in [-0.4, -0.2) is 23.0 Å². The number of benzene rings is 2. The summed E-state index contributed by atoms with van der Waals surface area (Å²) in [6.07, 6.45) is 0.654. The molecule has 2 aromatic carbocycles. The van der Waals surface area contributed by atoms with Gasteiger partial charge in [-0.15, -0.1) is 0 Å². The van der Waals surface area contributed by atoms with Crippen LogP contribution in [0.5, 0.6) is 0 Å². The maximum Gasteiger partial charge on any atom is 0.291 e. The van der Waals surface area contributed by atoms with Gasteiger partial charge < -0.3 is 19.5 Å². The molecule has 2 heterocycles. The third kappa shape index (κ3) is 3.88.